The minimum Gasteiger partial charge on any atom is -0.336 e. The van der Waals surface area contributed by atoms with Gasteiger partial charge in [0.2, 0.25) is 0 Å². The van der Waals surface area contributed by atoms with Gasteiger partial charge in [-0.1, -0.05) is 11.6 Å². The SMILES string of the molecule is [2H]n1cnc2nccc-2c1Cl. The molecule has 2 rings (SSSR count). The van der Waals surface area contributed by atoms with Crippen LogP contribution < -0.4 is 0 Å². The minimum atomic E-state index is 0.340. The Kier molecular flexibility index (Phi) is 0.914. The highest BCUT2D eigenvalue weighted by Gasteiger charge is 2.07. The van der Waals surface area contributed by atoms with Crippen LogP contribution in [0.25, 0.3) is 11.4 Å². The van der Waals surface area contributed by atoms with Crippen LogP contribution in [-0.4, -0.2) is 14.9 Å². The third kappa shape index (κ3) is 0.675. The number of halogens is 1. The fraction of sp³-hybridized carbons (Fsp3) is 0. The Labute approximate surface area is 63.9 Å². The molecule has 0 saturated heterocycles. The predicted molar refractivity (Wildman–Crippen MR) is 38.0 cm³/mol. The highest BCUT2D eigenvalue weighted by atomic mass is 35.5. The lowest BCUT2D eigenvalue weighted by Crippen LogP contribution is -1.85. The topological polar surface area (TPSA) is 41.6 Å². The Morgan fingerprint density at radius 2 is 2.50 bits per heavy atom. The van der Waals surface area contributed by atoms with E-state index in [2.05, 4.69) is 9.97 Å². The van der Waals surface area contributed by atoms with Crippen molar-refractivity contribution in [3.63, 3.8) is 0 Å². The summed E-state index contributed by atoms with van der Waals surface area (Å²) in [6.07, 6.45) is 2.93. The number of H-pyrrole nitrogens is 1. The molecule has 10 heavy (non-hydrogen) atoms. The van der Waals surface area contributed by atoms with E-state index >= 15 is 0 Å². The molecule has 0 atom stereocenters. The molecule has 0 bridgehead atoms. The van der Waals surface area contributed by atoms with Crippen LogP contribution in [0.3, 0.4) is 0 Å². The zero-order valence-electron chi connectivity index (χ0n) is 5.95. The van der Waals surface area contributed by atoms with Crippen molar-refractivity contribution in [3.05, 3.63) is 23.7 Å². The second-order valence-corrected chi connectivity index (χ2v) is 2.20. The number of aromatic amines is 1. The summed E-state index contributed by atoms with van der Waals surface area (Å²) in [5, 5.41) is 0.340. The number of nitrogens with zero attached hydrogens (tertiary/aromatic N) is 2. The van der Waals surface area contributed by atoms with E-state index in [1.807, 2.05) is 0 Å². The maximum atomic E-state index is 7.23. The molecule has 4 heteroatoms. The van der Waals surface area contributed by atoms with Gasteiger partial charge in [-0.15, -0.1) is 0 Å². The average molecular weight is 155 g/mol. The monoisotopic (exact) mass is 154 g/mol. The smallest absolute Gasteiger partial charge is 0.168 e. The molecule has 1 N–H and O–H groups in total. The van der Waals surface area contributed by atoms with Crippen molar-refractivity contribution < 1.29 is 1.41 Å². The highest BCUT2D eigenvalue weighted by Crippen LogP contribution is 2.23. The lowest BCUT2D eigenvalue weighted by atomic mass is 10.3. The fourth-order valence-corrected chi connectivity index (χ4v) is 0.985. The molecule has 2 heterocycles. The van der Waals surface area contributed by atoms with Gasteiger partial charge in [0.15, 0.2) is 7.24 Å². The summed E-state index contributed by atoms with van der Waals surface area (Å²) < 4.78 is 7.23. The Bertz CT molecular complexity index is 359. The third-order valence-corrected chi connectivity index (χ3v) is 1.55. The van der Waals surface area contributed by atoms with Crippen molar-refractivity contribution in [1.29, 1.82) is 0 Å². The minimum absolute atomic E-state index is 0.340. The molecule has 2 aliphatic heterocycles. The lowest BCUT2D eigenvalue weighted by molar-refractivity contribution is 1.13. The van der Waals surface area contributed by atoms with Gasteiger partial charge in [0.05, 0.1) is 11.9 Å². The molecule has 0 aliphatic carbocycles. The van der Waals surface area contributed by atoms with E-state index in [1.165, 1.54) is 6.33 Å². The van der Waals surface area contributed by atoms with Gasteiger partial charge in [-0.25, -0.2) is 9.97 Å². The Hall–Kier alpha value is -1.09. The molecule has 0 aromatic carbocycles. The fourth-order valence-electron chi connectivity index (χ4n) is 0.794. The first-order valence-electron chi connectivity index (χ1n) is 3.20. The molecule has 3 nitrogen and oxygen atoms in total. The van der Waals surface area contributed by atoms with E-state index in [-0.39, 0.29) is 0 Å². The van der Waals surface area contributed by atoms with Crippen molar-refractivity contribution in [2.75, 3.05) is 0 Å². The van der Waals surface area contributed by atoms with E-state index in [4.69, 9.17) is 13.0 Å². The van der Waals surface area contributed by atoms with Gasteiger partial charge < -0.3 is 4.98 Å². The molecule has 0 aromatic heterocycles. The van der Waals surface area contributed by atoms with E-state index in [0.29, 0.717) is 16.5 Å². The number of fused-ring (bicyclic) bond motifs is 1. The maximum Gasteiger partial charge on any atom is 0.168 e. The first kappa shape index (κ1) is 4.68. The van der Waals surface area contributed by atoms with Crippen molar-refractivity contribution in [2.45, 2.75) is 0 Å². The summed E-state index contributed by atoms with van der Waals surface area (Å²) >= 11 is 5.76. The van der Waals surface area contributed by atoms with Crippen LogP contribution in [0, 0.1) is 0 Å². The Morgan fingerprint density at radius 3 is 3.40 bits per heavy atom. The number of rotatable bonds is 0. The molecule has 0 unspecified atom stereocenters. The van der Waals surface area contributed by atoms with Crippen molar-refractivity contribution in [1.82, 2.24) is 14.9 Å². The average Bonchev–Trinajstić information content (AvgIpc) is 2.45. The summed E-state index contributed by atoms with van der Waals surface area (Å²) in [6.45, 7) is 0. The zero-order chi connectivity index (χ0) is 7.84. The normalized spacial score (nSPS) is 11.9. The number of hydrogen-bond donors (Lipinski definition) is 1. The molecule has 0 fully saturated rings. The molecular weight excluding hydrogens is 150 g/mol. The quantitative estimate of drug-likeness (QED) is 0.586. The van der Waals surface area contributed by atoms with Crippen LogP contribution in [0.1, 0.15) is 0 Å². The number of hydrogen-bond acceptors (Lipinski definition) is 2. The van der Waals surface area contributed by atoms with E-state index in [0.717, 1.165) is 4.98 Å². The standard InChI is InChI=1S/C6H4ClN3/c7-5-4-1-2-8-6(4)10-3-9-5/h1-3H,(H,8,9,10)/i/hD. The first-order valence-corrected chi connectivity index (χ1v) is 3.13. The summed E-state index contributed by atoms with van der Waals surface area (Å²) in [5.74, 6) is 0.582. The molecule has 0 amide bonds. The summed E-state index contributed by atoms with van der Waals surface area (Å²) in [4.78, 5) is 8.82. The van der Waals surface area contributed by atoms with Gasteiger partial charge in [0.1, 0.15) is 5.15 Å². The van der Waals surface area contributed by atoms with Crippen LogP contribution in [0.4, 0.5) is 0 Å². The first-order chi connectivity index (χ1) is 5.29. The molecule has 0 spiro atoms. The van der Waals surface area contributed by atoms with Gasteiger partial charge in [-0.2, -0.15) is 0 Å². The van der Waals surface area contributed by atoms with Gasteiger partial charge in [-0.05, 0) is 6.07 Å². The summed E-state index contributed by atoms with van der Waals surface area (Å²) in [6, 6.07) is 1.73. The molecular formula is C6H4ClN3. The zero-order valence-corrected chi connectivity index (χ0v) is 5.71. The third-order valence-electron chi connectivity index (χ3n) is 1.25. The predicted octanol–water partition coefficient (Wildman–Crippen LogP) is 1.56. The number of nitrogens with one attached hydrogen (secondary N) is 1. The summed E-state index contributed by atoms with van der Waals surface area (Å²) in [5.41, 5.74) is 0.712. The van der Waals surface area contributed by atoms with Gasteiger partial charge >= 0.3 is 0 Å². The van der Waals surface area contributed by atoms with Crippen LogP contribution in [0.5, 0.6) is 0 Å². The Balaban J connectivity index is 2.81. The van der Waals surface area contributed by atoms with E-state index in [9.17, 15) is 0 Å². The Morgan fingerprint density at radius 1 is 1.60 bits per heavy atom. The van der Waals surface area contributed by atoms with Crippen molar-refractivity contribution in [2.24, 2.45) is 0 Å². The largest absolute Gasteiger partial charge is 0.336 e. The second kappa shape index (κ2) is 1.95. The van der Waals surface area contributed by atoms with Crippen LogP contribution in [0.2, 0.25) is 6.56 Å². The highest BCUT2D eigenvalue weighted by molar-refractivity contribution is 6.31. The maximum absolute atomic E-state index is 7.23. The number of aromatic nitrogens is 3. The van der Waals surface area contributed by atoms with Gasteiger partial charge in [0, 0.05) is 6.20 Å². The summed E-state index contributed by atoms with van der Waals surface area (Å²) in [7, 11) is 0. The van der Waals surface area contributed by atoms with Gasteiger partial charge in [-0.3, -0.25) is 0 Å². The van der Waals surface area contributed by atoms with Crippen molar-refractivity contribution in [3.8, 4) is 11.4 Å². The molecule has 2 aliphatic rings. The molecule has 0 saturated carbocycles. The van der Waals surface area contributed by atoms with Crippen LogP contribution in [-0.2, 0) is 0 Å². The van der Waals surface area contributed by atoms with E-state index < -0.39 is 0 Å². The molecule has 0 radical (unpaired) electrons. The van der Waals surface area contributed by atoms with Crippen LogP contribution >= 0.6 is 11.6 Å². The van der Waals surface area contributed by atoms with Gasteiger partial charge in [0.25, 0.3) is 0 Å². The lowest BCUT2D eigenvalue weighted by Gasteiger charge is -1.96. The molecule has 0 aromatic rings. The second-order valence-electron chi connectivity index (χ2n) is 1.85. The van der Waals surface area contributed by atoms with Crippen molar-refractivity contribution >= 4 is 11.6 Å². The molecule has 50 valence electrons. The van der Waals surface area contributed by atoms with E-state index in [1.54, 1.807) is 12.3 Å². The van der Waals surface area contributed by atoms with Crippen LogP contribution in [0.15, 0.2) is 18.6 Å².